The van der Waals surface area contributed by atoms with E-state index in [1.165, 1.54) is 16.7 Å². The average Bonchev–Trinajstić information content (AvgIpc) is 2.61. The van der Waals surface area contributed by atoms with Crippen molar-refractivity contribution in [2.75, 3.05) is 5.32 Å². The van der Waals surface area contributed by atoms with E-state index >= 15 is 0 Å². The third-order valence-corrected chi connectivity index (χ3v) is 4.15. The van der Waals surface area contributed by atoms with E-state index in [1.54, 1.807) is 0 Å². The summed E-state index contributed by atoms with van der Waals surface area (Å²) in [5.41, 5.74) is 4.68. The highest BCUT2D eigenvalue weighted by molar-refractivity contribution is 6.30. The van der Waals surface area contributed by atoms with Gasteiger partial charge < -0.3 is 10.1 Å². The molecule has 0 saturated heterocycles. The van der Waals surface area contributed by atoms with Crippen molar-refractivity contribution in [3.8, 4) is 5.75 Å². The predicted octanol–water partition coefficient (Wildman–Crippen LogP) is 5.84. The van der Waals surface area contributed by atoms with E-state index < -0.39 is 0 Å². The highest BCUT2D eigenvalue weighted by Gasteiger charge is 2.01. The monoisotopic (exact) mass is 337 g/mol. The van der Waals surface area contributed by atoms with Crippen LogP contribution in [-0.4, -0.2) is 0 Å². The fourth-order valence-corrected chi connectivity index (χ4v) is 2.58. The van der Waals surface area contributed by atoms with E-state index in [-0.39, 0.29) is 0 Å². The molecule has 0 saturated carbocycles. The van der Waals surface area contributed by atoms with Crippen LogP contribution in [0.4, 0.5) is 5.69 Å². The Morgan fingerprint density at radius 3 is 2.50 bits per heavy atom. The number of halogens is 1. The molecule has 3 aromatic carbocycles. The van der Waals surface area contributed by atoms with Crippen molar-refractivity contribution in [3.05, 3.63) is 94.5 Å². The predicted molar refractivity (Wildman–Crippen MR) is 101 cm³/mol. The molecule has 0 bridgehead atoms. The lowest BCUT2D eigenvalue weighted by Gasteiger charge is -2.11. The maximum atomic E-state index is 5.94. The first-order chi connectivity index (χ1) is 11.7. The van der Waals surface area contributed by atoms with Crippen LogP contribution in [0.25, 0.3) is 0 Å². The summed E-state index contributed by atoms with van der Waals surface area (Å²) < 4.78 is 5.94. The van der Waals surface area contributed by atoms with E-state index in [4.69, 9.17) is 16.3 Å². The Bertz CT molecular complexity index is 799. The van der Waals surface area contributed by atoms with Crippen LogP contribution in [0.1, 0.15) is 16.7 Å². The molecule has 0 amide bonds. The van der Waals surface area contributed by atoms with Gasteiger partial charge in [-0.25, -0.2) is 0 Å². The van der Waals surface area contributed by atoms with Gasteiger partial charge in [-0.05, 0) is 60.0 Å². The molecule has 0 aliphatic heterocycles. The Labute approximate surface area is 148 Å². The molecule has 0 spiro atoms. The number of rotatable bonds is 6. The van der Waals surface area contributed by atoms with Gasteiger partial charge in [0.05, 0.1) is 0 Å². The maximum absolute atomic E-state index is 5.94. The molecule has 0 unspecified atom stereocenters. The Morgan fingerprint density at radius 2 is 1.71 bits per heavy atom. The third kappa shape index (κ3) is 4.53. The van der Waals surface area contributed by atoms with Crippen LogP contribution in [-0.2, 0) is 13.2 Å². The van der Waals surface area contributed by atoms with Crippen molar-refractivity contribution in [1.29, 1.82) is 0 Å². The van der Waals surface area contributed by atoms with Gasteiger partial charge in [0.1, 0.15) is 12.4 Å². The molecule has 1 N–H and O–H groups in total. The van der Waals surface area contributed by atoms with Gasteiger partial charge in [-0.2, -0.15) is 0 Å². The van der Waals surface area contributed by atoms with E-state index in [0.717, 1.165) is 23.0 Å². The molecule has 0 heterocycles. The first-order valence-corrected chi connectivity index (χ1v) is 8.34. The summed E-state index contributed by atoms with van der Waals surface area (Å²) in [5.74, 6) is 0.883. The minimum atomic E-state index is 0.584. The molecule has 0 aliphatic carbocycles. The SMILES string of the molecule is Cc1ccccc1COc1cccc(CNc2ccc(Cl)cc2)c1. The first kappa shape index (κ1) is 16.4. The van der Waals surface area contributed by atoms with E-state index in [9.17, 15) is 0 Å². The Hall–Kier alpha value is -2.45. The number of nitrogens with one attached hydrogen (secondary N) is 1. The van der Waals surface area contributed by atoms with Crippen LogP contribution in [0.15, 0.2) is 72.8 Å². The molecule has 0 aromatic heterocycles. The molecule has 0 radical (unpaired) electrons. The van der Waals surface area contributed by atoms with Crippen LogP contribution in [0, 0.1) is 6.92 Å². The highest BCUT2D eigenvalue weighted by Crippen LogP contribution is 2.18. The fourth-order valence-electron chi connectivity index (χ4n) is 2.45. The third-order valence-electron chi connectivity index (χ3n) is 3.89. The molecule has 0 aliphatic rings. The molecule has 122 valence electrons. The summed E-state index contributed by atoms with van der Waals surface area (Å²) >= 11 is 5.90. The Morgan fingerprint density at radius 1 is 0.917 bits per heavy atom. The second kappa shape index (κ2) is 7.89. The van der Waals surface area contributed by atoms with Crippen LogP contribution in [0.2, 0.25) is 5.02 Å². The molecule has 2 nitrogen and oxygen atoms in total. The van der Waals surface area contributed by atoms with Gasteiger partial charge in [0, 0.05) is 17.3 Å². The van der Waals surface area contributed by atoms with Crippen molar-refractivity contribution in [1.82, 2.24) is 0 Å². The van der Waals surface area contributed by atoms with Crippen LogP contribution >= 0.6 is 11.6 Å². The molecule has 24 heavy (non-hydrogen) atoms. The molecule has 3 heteroatoms. The summed E-state index contributed by atoms with van der Waals surface area (Å²) in [7, 11) is 0. The molecular weight excluding hydrogens is 318 g/mol. The van der Waals surface area contributed by atoms with Gasteiger partial charge in [0.25, 0.3) is 0 Å². The van der Waals surface area contributed by atoms with Crippen molar-refractivity contribution >= 4 is 17.3 Å². The summed E-state index contributed by atoms with van der Waals surface area (Å²) in [6.07, 6.45) is 0. The second-order valence-electron chi connectivity index (χ2n) is 5.72. The standard InChI is InChI=1S/C21H20ClNO/c1-16-5-2-3-7-18(16)15-24-21-8-4-6-17(13-21)14-23-20-11-9-19(22)10-12-20/h2-13,23H,14-15H2,1H3. The quantitative estimate of drug-likeness (QED) is 0.610. The number of hydrogen-bond donors (Lipinski definition) is 1. The Kier molecular flexibility index (Phi) is 5.39. The summed E-state index contributed by atoms with van der Waals surface area (Å²) in [5, 5.41) is 4.13. The van der Waals surface area contributed by atoms with Gasteiger partial charge in [0.15, 0.2) is 0 Å². The maximum Gasteiger partial charge on any atom is 0.120 e. The van der Waals surface area contributed by atoms with Gasteiger partial charge in [-0.15, -0.1) is 0 Å². The minimum absolute atomic E-state index is 0.584. The smallest absolute Gasteiger partial charge is 0.120 e. The Balaban J connectivity index is 1.59. The zero-order valence-electron chi connectivity index (χ0n) is 13.6. The normalized spacial score (nSPS) is 10.4. The van der Waals surface area contributed by atoms with Gasteiger partial charge in [-0.3, -0.25) is 0 Å². The van der Waals surface area contributed by atoms with E-state index in [1.807, 2.05) is 48.5 Å². The van der Waals surface area contributed by atoms with Gasteiger partial charge >= 0.3 is 0 Å². The topological polar surface area (TPSA) is 21.3 Å². The van der Waals surface area contributed by atoms with E-state index in [0.29, 0.717) is 6.61 Å². The summed E-state index contributed by atoms with van der Waals surface area (Å²) in [4.78, 5) is 0. The number of anilines is 1. The lowest BCUT2D eigenvalue weighted by atomic mass is 10.1. The average molecular weight is 338 g/mol. The second-order valence-corrected chi connectivity index (χ2v) is 6.16. The van der Waals surface area contributed by atoms with Gasteiger partial charge in [-0.1, -0.05) is 48.0 Å². The van der Waals surface area contributed by atoms with Crippen molar-refractivity contribution in [3.63, 3.8) is 0 Å². The number of aryl methyl sites for hydroxylation is 1. The molecule has 3 aromatic rings. The van der Waals surface area contributed by atoms with Crippen molar-refractivity contribution < 1.29 is 4.74 Å². The lowest BCUT2D eigenvalue weighted by Crippen LogP contribution is -2.01. The number of hydrogen-bond acceptors (Lipinski definition) is 2. The summed E-state index contributed by atoms with van der Waals surface area (Å²) in [6, 6.07) is 24.2. The highest BCUT2D eigenvalue weighted by atomic mass is 35.5. The first-order valence-electron chi connectivity index (χ1n) is 7.96. The number of ether oxygens (including phenoxy) is 1. The van der Waals surface area contributed by atoms with E-state index in [2.05, 4.69) is 36.5 Å². The largest absolute Gasteiger partial charge is 0.489 e. The molecular formula is C21H20ClNO. The van der Waals surface area contributed by atoms with Gasteiger partial charge in [0.2, 0.25) is 0 Å². The van der Waals surface area contributed by atoms with Crippen LogP contribution < -0.4 is 10.1 Å². The van der Waals surface area contributed by atoms with Crippen LogP contribution in [0.3, 0.4) is 0 Å². The zero-order chi connectivity index (χ0) is 16.8. The number of benzene rings is 3. The van der Waals surface area contributed by atoms with Crippen molar-refractivity contribution in [2.24, 2.45) is 0 Å². The van der Waals surface area contributed by atoms with Crippen LogP contribution in [0.5, 0.6) is 5.75 Å². The lowest BCUT2D eigenvalue weighted by molar-refractivity contribution is 0.305. The zero-order valence-corrected chi connectivity index (χ0v) is 14.4. The molecule has 0 atom stereocenters. The fraction of sp³-hybridized carbons (Fsp3) is 0.143. The molecule has 3 rings (SSSR count). The minimum Gasteiger partial charge on any atom is -0.489 e. The van der Waals surface area contributed by atoms with Crippen molar-refractivity contribution in [2.45, 2.75) is 20.1 Å². The summed E-state index contributed by atoms with van der Waals surface area (Å²) in [6.45, 7) is 3.43. The molecule has 0 fully saturated rings.